The standard InChI is InChI=1S/C16H17ClN6O2/c17-11-7-19-22-13(11)16(25)23-5-3-10-12(8-23)20-14(21-15(10)24)9-2-1-4-18-6-9/h1-2,4,6,11,13,19,22H,3,5,7-8H2,(H,20,21,24). The summed E-state index contributed by atoms with van der Waals surface area (Å²) < 4.78 is 0. The molecule has 1 saturated heterocycles. The molecule has 130 valence electrons. The smallest absolute Gasteiger partial charge is 0.254 e. The first-order valence-corrected chi connectivity index (χ1v) is 8.51. The van der Waals surface area contributed by atoms with E-state index < -0.39 is 6.04 Å². The fourth-order valence-electron chi connectivity index (χ4n) is 3.16. The van der Waals surface area contributed by atoms with E-state index in [9.17, 15) is 9.59 Å². The first-order valence-electron chi connectivity index (χ1n) is 8.07. The van der Waals surface area contributed by atoms with E-state index in [1.165, 1.54) is 0 Å². The van der Waals surface area contributed by atoms with E-state index in [4.69, 9.17) is 11.6 Å². The topological polar surface area (TPSA) is 103 Å². The van der Waals surface area contributed by atoms with Crippen LogP contribution in [0.25, 0.3) is 11.4 Å². The van der Waals surface area contributed by atoms with Crippen LogP contribution >= 0.6 is 11.6 Å². The minimum atomic E-state index is -0.469. The van der Waals surface area contributed by atoms with Gasteiger partial charge in [0.15, 0.2) is 0 Å². The van der Waals surface area contributed by atoms with Crippen LogP contribution in [0.5, 0.6) is 0 Å². The van der Waals surface area contributed by atoms with Crippen LogP contribution in [-0.2, 0) is 17.8 Å². The van der Waals surface area contributed by atoms with Gasteiger partial charge >= 0.3 is 0 Å². The van der Waals surface area contributed by atoms with Gasteiger partial charge in [-0.3, -0.25) is 20.0 Å². The number of carbonyl (C=O) groups is 1. The van der Waals surface area contributed by atoms with Crippen molar-refractivity contribution in [2.75, 3.05) is 13.1 Å². The van der Waals surface area contributed by atoms with Crippen molar-refractivity contribution >= 4 is 17.5 Å². The molecule has 2 aromatic heterocycles. The number of halogens is 1. The van der Waals surface area contributed by atoms with Gasteiger partial charge in [-0.15, -0.1) is 11.6 Å². The maximum atomic E-state index is 12.7. The summed E-state index contributed by atoms with van der Waals surface area (Å²) in [6, 6.07) is 3.14. The largest absolute Gasteiger partial charge is 0.335 e. The normalized spacial score (nSPS) is 22.7. The molecule has 8 nitrogen and oxygen atoms in total. The van der Waals surface area contributed by atoms with E-state index in [1.807, 2.05) is 6.07 Å². The summed E-state index contributed by atoms with van der Waals surface area (Å²) in [7, 11) is 0. The Balaban J connectivity index is 1.63. The summed E-state index contributed by atoms with van der Waals surface area (Å²) in [5.74, 6) is 0.377. The average Bonchev–Trinajstić information content (AvgIpc) is 3.07. The number of rotatable bonds is 2. The number of pyridine rings is 1. The predicted octanol–water partition coefficient (Wildman–Crippen LogP) is -0.200. The van der Waals surface area contributed by atoms with Crippen molar-refractivity contribution in [1.82, 2.24) is 30.7 Å². The number of aromatic nitrogens is 3. The molecule has 2 aliphatic rings. The van der Waals surface area contributed by atoms with Crippen molar-refractivity contribution < 1.29 is 4.79 Å². The third-order valence-corrected chi connectivity index (χ3v) is 4.91. The van der Waals surface area contributed by atoms with Crippen LogP contribution in [0.4, 0.5) is 0 Å². The predicted molar refractivity (Wildman–Crippen MR) is 91.8 cm³/mol. The van der Waals surface area contributed by atoms with Crippen LogP contribution in [0.3, 0.4) is 0 Å². The van der Waals surface area contributed by atoms with Gasteiger partial charge in [0.05, 0.1) is 17.6 Å². The quantitative estimate of drug-likeness (QED) is 0.641. The zero-order chi connectivity index (χ0) is 17.4. The van der Waals surface area contributed by atoms with Gasteiger partial charge in [-0.1, -0.05) is 0 Å². The van der Waals surface area contributed by atoms with Gasteiger partial charge in [-0.05, 0) is 18.6 Å². The van der Waals surface area contributed by atoms with E-state index in [-0.39, 0.29) is 16.8 Å². The molecular formula is C16H17ClN6O2. The molecule has 4 rings (SSSR count). The van der Waals surface area contributed by atoms with Gasteiger partial charge in [0.2, 0.25) is 5.91 Å². The van der Waals surface area contributed by atoms with Crippen molar-refractivity contribution in [3.63, 3.8) is 0 Å². The zero-order valence-electron chi connectivity index (χ0n) is 13.3. The molecule has 4 heterocycles. The van der Waals surface area contributed by atoms with Crippen LogP contribution in [-0.4, -0.2) is 50.3 Å². The number of H-pyrrole nitrogens is 1. The highest BCUT2D eigenvalue weighted by Crippen LogP contribution is 2.20. The van der Waals surface area contributed by atoms with Gasteiger partial charge in [0.25, 0.3) is 5.56 Å². The highest BCUT2D eigenvalue weighted by atomic mass is 35.5. The van der Waals surface area contributed by atoms with Crippen LogP contribution in [0, 0.1) is 0 Å². The van der Waals surface area contributed by atoms with Gasteiger partial charge in [0.1, 0.15) is 11.9 Å². The number of hydrogen-bond donors (Lipinski definition) is 3. The maximum Gasteiger partial charge on any atom is 0.254 e. The molecule has 2 unspecified atom stereocenters. The van der Waals surface area contributed by atoms with E-state index in [2.05, 4.69) is 25.8 Å². The number of hydrogen-bond acceptors (Lipinski definition) is 6. The molecule has 0 bridgehead atoms. The van der Waals surface area contributed by atoms with E-state index in [1.54, 1.807) is 23.4 Å². The second kappa shape index (κ2) is 6.55. The van der Waals surface area contributed by atoms with Gasteiger partial charge in [-0.2, -0.15) is 0 Å². The highest BCUT2D eigenvalue weighted by molar-refractivity contribution is 6.23. The van der Waals surface area contributed by atoms with Crippen molar-refractivity contribution in [2.24, 2.45) is 0 Å². The molecule has 1 amide bonds. The number of alkyl halides is 1. The molecule has 2 atom stereocenters. The number of fused-ring (bicyclic) bond motifs is 1. The van der Waals surface area contributed by atoms with Crippen molar-refractivity contribution in [2.45, 2.75) is 24.4 Å². The molecule has 0 radical (unpaired) electrons. The SMILES string of the molecule is O=C(C1NNCC1Cl)N1CCc2c(nc(-c3cccnc3)[nH]c2=O)C1. The first kappa shape index (κ1) is 16.2. The Kier molecular flexibility index (Phi) is 4.24. The molecule has 0 aliphatic carbocycles. The molecule has 0 saturated carbocycles. The number of hydrazine groups is 1. The van der Waals surface area contributed by atoms with Crippen molar-refractivity contribution in [3.05, 3.63) is 46.1 Å². The van der Waals surface area contributed by atoms with Crippen LogP contribution in [0.15, 0.2) is 29.3 Å². The Labute approximate surface area is 148 Å². The Hall–Kier alpha value is -2.29. The zero-order valence-corrected chi connectivity index (χ0v) is 14.1. The number of amides is 1. The summed E-state index contributed by atoms with van der Waals surface area (Å²) >= 11 is 6.17. The summed E-state index contributed by atoms with van der Waals surface area (Å²) in [5, 5.41) is -0.299. The lowest BCUT2D eigenvalue weighted by atomic mass is 10.0. The molecule has 25 heavy (non-hydrogen) atoms. The highest BCUT2D eigenvalue weighted by Gasteiger charge is 2.36. The third-order valence-electron chi connectivity index (χ3n) is 4.50. The van der Waals surface area contributed by atoms with E-state index in [0.717, 1.165) is 5.56 Å². The van der Waals surface area contributed by atoms with E-state index >= 15 is 0 Å². The molecular weight excluding hydrogens is 344 g/mol. The lowest BCUT2D eigenvalue weighted by Crippen LogP contribution is -2.50. The summed E-state index contributed by atoms with van der Waals surface area (Å²) in [4.78, 5) is 38.2. The molecule has 0 spiro atoms. The van der Waals surface area contributed by atoms with Gasteiger partial charge < -0.3 is 9.88 Å². The average molecular weight is 361 g/mol. The first-order chi connectivity index (χ1) is 12.1. The van der Waals surface area contributed by atoms with Crippen LogP contribution in [0.1, 0.15) is 11.3 Å². The molecule has 0 aromatic carbocycles. The summed E-state index contributed by atoms with van der Waals surface area (Å²) in [6.45, 7) is 1.31. The Bertz CT molecular complexity index is 855. The van der Waals surface area contributed by atoms with Gasteiger partial charge in [0, 0.05) is 36.6 Å². The van der Waals surface area contributed by atoms with E-state index in [0.29, 0.717) is 43.1 Å². The molecule has 9 heteroatoms. The monoisotopic (exact) mass is 360 g/mol. The minimum Gasteiger partial charge on any atom is -0.335 e. The Morgan fingerprint density at radius 2 is 2.28 bits per heavy atom. The Morgan fingerprint density at radius 3 is 3.00 bits per heavy atom. The lowest BCUT2D eigenvalue weighted by Gasteiger charge is -2.30. The lowest BCUT2D eigenvalue weighted by molar-refractivity contribution is -0.134. The summed E-state index contributed by atoms with van der Waals surface area (Å²) in [5.41, 5.74) is 7.63. The van der Waals surface area contributed by atoms with Crippen molar-refractivity contribution in [3.8, 4) is 11.4 Å². The second-order valence-corrected chi connectivity index (χ2v) is 6.67. The molecule has 3 N–H and O–H groups in total. The number of carbonyl (C=O) groups excluding carboxylic acids is 1. The van der Waals surface area contributed by atoms with Crippen molar-refractivity contribution in [1.29, 1.82) is 0 Å². The second-order valence-electron chi connectivity index (χ2n) is 6.11. The Morgan fingerprint density at radius 1 is 1.40 bits per heavy atom. The molecule has 2 aromatic rings. The minimum absolute atomic E-state index is 0.0827. The van der Waals surface area contributed by atoms with Crippen LogP contribution in [0.2, 0.25) is 0 Å². The molecule has 1 fully saturated rings. The number of aromatic amines is 1. The fourth-order valence-corrected chi connectivity index (χ4v) is 3.40. The maximum absolute atomic E-state index is 12.7. The van der Waals surface area contributed by atoms with Crippen LogP contribution < -0.4 is 16.4 Å². The fraction of sp³-hybridized carbons (Fsp3) is 0.375. The number of nitrogens with one attached hydrogen (secondary N) is 3. The summed E-state index contributed by atoms with van der Waals surface area (Å²) in [6.07, 6.45) is 3.78. The van der Waals surface area contributed by atoms with Gasteiger partial charge in [-0.25, -0.2) is 10.4 Å². The number of nitrogens with zero attached hydrogens (tertiary/aromatic N) is 3. The third kappa shape index (κ3) is 3.04. The molecule has 2 aliphatic heterocycles.